The lowest BCUT2D eigenvalue weighted by atomic mass is 9.52. The SMILES string of the molecule is CC1=C2C[C@H]3[C@@H](CC[C@@H]4Cc5[nH]ncc5C[C@@]43C)[C@@H]2CC[C@@]2(C1)O[C@H]1[C@@H](NCC[C@H]1C)[C@H]2C. The van der Waals surface area contributed by atoms with Gasteiger partial charge in [0.1, 0.15) is 0 Å². The van der Waals surface area contributed by atoms with Crippen LogP contribution < -0.4 is 5.32 Å². The van der Waals surface area contributed by atoms with Crippen LogP contribution in [0.1, 0.15) is 83.9 Å². The Labute approximate surface area is 199 Å². The number of hydrogen-bond donors (Lipinski definition) is 2. The lowest BCUT2D eigenvalue weighted by molar-refractivity contribution is -0.0843. The molecule has 3 heterocycles. The number of aromatic amines is 1. The van der Waals surface area contributed by atoms with E-state index in [0.29, 0.717) is 29.4 Å². The summed E-state index contributed by atoms with van der Waals surface area (Å²) in [5, 5.41) is 11.6. The van der Waals surface area contributed by atoms with Crippen LogP contribution in [-0.2, 0) is 17.6 Å². The smallest absolute Gasteiger partial charge is 0.0765 e. The van der Waals surface area contributed by atoms with Crippen molar-refractivity contribution in [1.82, 2.24) is 15.5 Å². The van der Waals surface area contributed by atoms with Crippen molar-refractivity contribution in [3.63, 3.8) is 0 Å². The third-order valence-electron chi connectivity index (χ3n) is 12.0. The van der Waals surface area contributed by atoms with Crippen LogP contribution in [0.5, 0.6) is 0 Å². The maximum Gasteiger partial charge on any atom is 0.0765 e. The largest absolute Gasteiger partial charge is 0.369 e. The Morgan fingerprint density at radius 2 is 1.97 bits per heavy atom. The number of allylic oxidation sites excluding steroid dienone is 1. The van der Waals surface area contributed by atoms with Crippen molar-refractivity contribution in [2.24, 2.45) is 40.9 Å². The second-order valence-electron chi connectivity index (χ2n) is 13.3. The Balaban J connectivity index is 1.19. The Morgan fingerprint density at radius 1 is 1.09 bits per heavy atom. The van der Waals surface area contributed by atoms with Crippen molar-refractivity contribution in [2.75, 3.05) is 6.54 Å². The van der Waals surface area contributed by atoms with Crippen LogP contribution in [0, 0.1) is 40.9 Å². The van der Waals surface area contributed by atoms with Gasteiger partial charge < -0.3 is 10.1 Å². The summed E-state index contributed by atoms with van der Waals surface area (Å²) in [7, 11) is 0. The molecule has 0 aromatic carbocycles. The summed E-state index contributed by atoms with van der Waals surface area (Å²) in [5.41, 5.74) is 7.00. The minimum absolute atomic E-state index is 0.0650. The van der Waals surface area contributed by atoms with Gasteiger partial charge in [0.15, 0.2) is 0 Å². The molecule has 1 aromatic rings. The maximum atomic E-state index is 7.10. The molecule has 180 valence electrons. The molecule has 2 saturated heterocycles. The summed E-state index contributed by atoms with van der Waals surface area (Å²) < 4.78 is 7.10. The van der Waals surface area contributed by atoms with E-state index in [4.69, 9.17) is 4.74 Å². The van der Waals surface area contributed by atoms with Gasteiger partial charge in [-0.05, 0) is 112 Å². The van der Waals surface area contributed by atoms with Crippen LogP contribution in [0.25, 0.3) is 0 Å². The van der Waals surface area contributed by atoms with Gasteiger partial charge in [0.05, 0.1) is 17.9 Å². The van der Waals surface area contributed by atoms with Gasteiger partial charge in [-0.2, -0.15) is 5.10 Å². The summed E-state index contributed by atoms with van der Waals surface area (Å²) in [5.74, 6) is 4.68. The van der Waals surface area contributed by atoms with Crippen molar-refractivity contribution < 1.29 is 4.74 Å². The van der Waals surface area contributed by atoms with Crippen LogP contribution in [0.15, 0.2) is 17.3 Å². The summed E-state index contributed by atoms with van der Waals surface area (Å²) in [6.45, 7) is 11.2. The van der Waals surface area contributed by atoms with E-state index in [1.54, 1.807) is 5.57 Å². The van der Waals surface area contributed by atoms with Gasteiger partial charge in [-0.15, -0.1) is 0 Å². The zero-order chi connectivity index (χ0) is 22.5. The van der Waals surface area contributed by atoms with Crippen molar-refractivity contribution in [1.29, 1.82) is 0 Å². The van der Waals surface area contributed by atoms with E-state index in [1.165, 1.54) is 69.0 Å². The third-order valence-corrected chi connectivity index (χ3v) is 12.0. The van der Waals surface area contributed by atoms with Gasteiger partial charge in [-0.3, -0.25) is 5.10 Å². The fraction of sp³-hybridized carbons (Fsp3) is 0.828. The molecule has 4 nitrogen and oxygen atoms in total. The molecule has 6 aliphatic rings. The Hall–Kier alpha value is -1.13. The van der Waals surface area contributed by atoms with Gasteiger partial charge >= 0.3 is 0 Å². The quantitative estimate of drug-likeness (QED) is 0.518. The monoisotopic (exact) mass is 449 g/mol. The molecule has 0 unspecified atom stereocenters. The fourth-order valence-electron chi connectivity index (χ4n) is 10.1. The predicted molar refractivity (Wildman–Crippen MR) is 131 cm³/mol. The van der Waals surface area contributed by atoms with Gasteiger partial charge in [-0.1, -0.05) is 31.9 Å². The van der Waals surface area contributed by atoms with Gasteiger partial charge in [0.25, 0.3) is 0 Å². The highest BCUT2D eigenvalue weighted by Crippen LogP contribution is 2.64. The topological polar surface area (TPSA) is 49.9 Å². The van der Waals surface area contributed by atoms with E-state index in [-0.39, 0.29) is 5.60 Å². The van der Waals surface area contributed by atoms with Crippen LogP contribution in [0.3, 0.4) is 0 Å². The number of fused-ring (bicyclic) bond motifs is 7. The van der Waals surface area contributed by atoms with Crippen LogP contribution in [-0.4, -0.2) is 34.5 Å². The highest BCUT2D eigenvalue weighted by Gasteiger charge is 2.59. The molecule has 0 radical (unpaired) electrons. The van der Waals surface area contributed by atoms with Crippen molar-refractivity contribution in [3.05, 3.63) is 28.6 Å². The molecule has 1 aromatic heterocycles. The molecule has 4 fully saturated rings. The molecule has 33 heavy (non-hydrogen) atoms. The first-order valence-corrected chi connectivity index (χ1v) is 14.0. The minimum Gasteiger partial charge on any atom is -0.369 e. The van der Waals surface area contributed by atoms with E-state index in [2.05, 4.69) is 49.4 Å². The first-order chi connectivity index (χ1) is 15.9. The second-order valence-corrected chi connectivity index (χ2v) is 13.3. The number of ether oxygens (including phenoxy) is 1. The van der Waals surface area contributed by atoms with Crippen LogP contribution >= 0.6 is 0 Å². The summed E-state index contributed by atoms with van der Waals surface area (Å²) >= 11 is 0. The number of nitrogens with zero attached hydrogens (tertiary/aromatic N) is 1. The standard InChI is InChI=1S/C29H43N3O/c1-16-8-10-30-26-18(3)29(33-27(16)26)9-7-21-22-6-5-20-11-25-19(15-31-32-25)14-28(20,4)24(22)12-23(21)17(2)13-29/h15-16,18,20-22,24,26-27,30H,5-14H2,1-4H3,(H,31,32)/t16-,18-,20-,21+,22+,24+,26+,27-,28+,29+/m1/s1. The van der Waals surface area contributed by atoms with Crippen molar-refractivity contribution >= 4 is 0 Å². The van der Waals surface area contributed by atoms with E-state index in [1.807, 2.05) is 5.57 Å². The van der Waals surface area contributed by atoms with Gasteiger partial charge in [0, 0.05) is 17.7 Å². The first-order valence-electron chi connectivity index (χ1n) is 14.0. The molecule has 7 rings (SSSR count). The van der Waals surface area contributed by atoms with Gasteiger partial charge in [-0.25, -0.2) is 0 Å². The van der Waals surface area contributed by atoms with Crippen LogP contribution in [0.2, 0.25) is 0 Å². The molecular weight excluding hydrogens is 406 g/mol. The summed E-state index contributed by atoms with van der Waals surface area (Å²) in [4.78, 5) is 0. The molecule has 10 atom stereocenters. The fourth-order valence-corrected chi connectivity index (χ4v) is 10.1. The number of hydrogen-bond acceptors (Lipinski definition) is 3. The van der Waals surface area contributed by atoms with Crippen molar-refractivity contribution in [3.8, 4) is 0 Å². The average Bonchev–Trinajstić information content (AvgIpc) is 3.44. The Kier molecular flexibility index (Phi) is 4.62. The second kappa shape index (κ2) is 7.20. The third kappa shape index (κ3) is 2.86. The first kappa shape index (κ1) is 21.2. The lowest BCUT2D eigenvalue weighted by Crippen LogP contribution is -2.49. The Bertz CT molecular complexity index is 981. The number of aromatic nitrogens is 2. The average molecular weight is 450 g/mol. The maximum absolute atomic E-state index is 7.10. The summed E-state index contributed by atoms with van der Waals surface area (Å²) in [6, 6.07) is 0.554. The molecule has 2 saturated carbocycles. The van der Waals surface area contributed by atoms with Crippen molar-refractivity contribution in [2.45, 2.75) is 103 Å². The molecule has 0 amide bonds. The predicted octanol–water partition coefficient (Wildman–Crippen LogP) is 5.45. The van der Waals surface area contributed by atoms with Crippen LogP contribution in [0.4, 0.5) is 0 Å². The highest BCUT2D eigenvalue weighted by molar-refractivity contribution is 5.32. The number of nitrogens with one attached hydrogen (secondary N) is 2. The molecule has 4 heteroatoms. The molecule has 4 aliphatic carbocycles. The highest BCUT2D eigenvalue weighted by atomic mass is 16.5. The van der Waals surface area contributed by atoms with E-state index < -0.39 is 0 Å². The minimum atomic E-state index is 0.0650. The molecule has 0 bridgehead atoms. The zero-order valence-corrected chi connectivity index (χ0v) is 21.1. The van der Waals surface area contributed by atoms with E-state index in [9.17, 15) is 0 Å². The molecule has 1 spiro atoms. The van der Waals surface area contributed by atoms with Gasteiger partial charge in [0.2, 0.25) is 0 Å². The molecule has 2 aliphatic heterocycles. The number of piperidine rings is 1. The van der Waals surface area contributed by atoms with E-state index in [0.717, 1.165) is 30.2 Å². The lowest BCUT2D eigenvalue weighted by Gasteiger charge is -2.52. The zero-order valence-electron chi connectivity index (χ0n) is 21.1. The number of H-pyrrole nitrogens is 1. The number of rotatable bonds is 0. The Morgan fingerprint density at radius 3 is 2.82 bits per heavy atom. The normalized spacial score (nSPS) is 50.9. The van der Waals surface area contributed by atoms with E-state index >= 15 is 0 Å². The summed E-state index contributed by atoms with van der Waals surface area (Å²) in [6.07, 6.45) is 14.2. The molecular formula is C29H43N3O. The molecule has 2 N–H and O–H groups in total.